The predicted octanol–water partition coefficient (Wildman–Crippen LogP) is 6.67. The van der Waals surface area contributed by atoms with Crippen molar-refractivity contribution in [2.24, 2.45) is 29.1 Å². The number of para-hydroxylation sites is 1. The third-order valence-electron chi connectivity index (χ3n) is 11.3. The Labute approximate surface area is 308 Å². The Hall–Kier alpha value is -5.10. The zero-order valence-corrected chi connectivity index (χ0v) is 29.9. The number of aromatic hydroxyl groups is 1. The Kier molecular flexibility index (Phi) is 7.97. The van der Waals surface area contributed by atoms with Gasteiger partial charge in [-0.3, -0.25) is 28.9 Å². The summed E-state index contributed by atoms with van der Waals surface area (Å²) < 4.78 is 6.04. The number of hydrogen-bond acceptors (Lipinski definition) is 7. The molecule has 4 amide bonds. The molecule has 0 spiro atoms. The second-order valence-corrected chi connectivity index (χ2v) is 15.0. The molecule has 10 heteroatoms. The molecule has 0 radical (unpaired) electrons. The highest BCUT2D eigenvalue weighted by atomic mass is 127. The van der Waals surface area contributed by atoms with Gasteiger partial charge in [-0.15, -0.1) is 0 Å². The van der Waals surface area contributed by atoms with Crippen LogP contribution in [0, 0.1) is 32.7 Å². The molecule has 51 heavy (non-hydrogen) atoms. The highest BCUT2D eigenvalue weighted by Gasteiger charge is 2.67. The van der Waals surface area contributed by atoms with Gasteiger partial charge in [0.2, 0.25) is 23.6 Å². The quantitative estimate of drug-likeness (QED) is 0.100. The maximum absolute atomic E-state index is 14.6. The first-order valence-corrected chi connectivity index (χ1v) is 17.9. The van der Waals surface area contributed by atoms with Crippen LogP contribution in [0.2, 0.25) is 0 Å². The van der Waals surface area contributed by atoms with E-state index in [2.05, 4.69) is 0 Å². The number of carbonyl (C=O) groups is 5. The SMILES string of the molecule is COc1cc(C2C3=CCC4C(=O)N(c5ccc(C(=O)c6ccccc6)cc5)C(=O)C4C3CC3C(=O)N(c4ccccc4)C(=O)C32C)cc(I)c1O. The minimum atomic E-state index is -1.22. The minimum Gasteiger partial charge on any atom is -0.504 e. The summed E-state index contributed by atoms with van der Waals surface area (Å²) in [7, 11) is 1.45. The van der Waals surface area contributed by atoms with E-state index in [0.29, 0.717) is 31.6 Å². The molecule has 3 fully saturated rings. The molecule has 8 rings (SSSR count). The van der Waals surface area contributed by atoms with E-state index in [4.69, 9.17) is 4.74 Å². The van der Waals surface area contributed by atoms with Crippen molar-refractivity contribution >= 4 is 63.4 Å². The number of allylic oxidation sites excluding steroid dienone is 2. The molecular formula is C41H33IN2O7. The molecular weight excluding hydrogens is 759 g/mol. The highest BCUT2D eigenvalue weighted by Crippen LogP contribution is 2.64. The number of imide groups is 2. The maximum Gasteiger partial charge on any atom is 0.241 e. The molecule has 2 aliphatic carbocycles. The van der Waals surface area contributed by atoms with Gasteiger partial charge in [0.25, 0.3) is 0 Å². The number of ketones is 1. The first kappa shape index (κ1) is 33.1. The summed E-state index contributed by atoms with van der Waals surface area (Å²) in [6.45, 7) is 1.83. The molecule has 2 heterocycles. The van der Waals surface area contributed by atoms with E-state index in [0.717, 1.165) is 5.57 Å². The standard InChI is InChI=1S/C41H33IN2O7/c1-41-30(38(48)44(40(41)50)25-11-7-4-8-12-25)21-29-27(34(41)24-19-31(42)36(46)32(20-24)51-2)17-18-28-33(29)39(49)43(37(28)47)26-15-13-23(14-16-26)35(45)22-9-5-3-6-10-22/h3-17,19-20,28-30,33-34,46H,18,21H2,1-2H3. The van der Waals surface area contributed by atoms with Gasteiger partial charge >= 0.3 is 0 Å². The largest absolute Gasteiger partial charge is 0.504 e. The number of amides is 4. The summed E-state index contributed by atoms with van der Waals surface area (Å²) >= 11 is 2.02. The van der Waals surface area contributed by atoms with Crippen LogP contribution < -0.4 is 14.5 Å². The fourth-order valence-electron chi connectivity index (χ4n) is 8.91. The number of phenolic OH excluding ortho intramolecular Hbond substituents is 1. The molecule has 6 atom stereocenters. The van der Waals surface area contributed by atoms with Gasteiger partial charge in [-0.05, 0) is 102 Å². The second kappa shape index (κ2) is 12.3. The fourth-order valence-corrected chi connectivity index (χ4v) is 9.53. The maximum atomic E-state index is 14.6. The van der Waals surface area contributed by atoms with E-state index in [1.54, 1.807) is 84.9 Å². The summed E-state index contributed by atoms with van der Waals surface area (Å²) in [5.74, 6) is -4.65. The van der Waals surface area contributed by atoms with E-state index < -0.39 is 35.0 Å². The lowest BCUT2D eigenvalue weighted by atomic mass is 9.51. The minimum absolute atomic E-state index is 0.0305. The number of phenols is 1. The van der Waals surface area contributed by atoms with E-state index in [1.165, 1.54) is 16.9 Å². The fraction of sp³-hybridized carbons (Fsp3) is 0.244. The Morgan fingerprint density at radius 2 is 1.43 bits per heavy atom. The molecule has 2 saturated heterocycles. The van der Waals surface area contributed by atoms with Gasteiger partial charge < -0.3 is 9.84 Å². The molecule has 1 saturated carbocycles. The van der Waals surface area contributed by atoms with Crippen LogP contribution in [0.3, 0.4) is 0 Å². The molecule has 4 aliphatic rings. The van der Waals surface area contributed by atoms with Crippen molar-refractivity contribution in [2.75, 3.05) is 16.9 Å². The number of methoxy groups -OCH3 is 1. The Morgan fingerprint density at radius 1 is 0.804 bits per heavy atom. The van der Waals surface area contributed by atoms with Gasteiger partial charge in [0, 0.05) is 17.0 Å². The van der Waals surface area contributed by atoms with E-state index >= 15 is 0 Å². The average Bonchev–Trinajstić information content (AvgIpc) is 3.52. The van der Waals surface area contributed by atoms with Crippen molar-refractivity contribution in [2.45, 2.75) is 25.7 Å². The van der Waals surface area contributed by atoms with E-state index in [-0.39, 0.29) is 53.8 Å². The Bertz CT molecular complexity index is 2170. The zero-order valence-electron chi connectivity index (χ0n) is 27.8. The van der Waals surface area contributed by atoms with Gasteiger partial charge in [-0.1, -0.05) is 60.2 Å². The normalized spacial score (nSPS) is 26.8. The lowest BCUT2D eigenvalue weighted by Gasteiger charge is -2.49. The lowest BCUT2D eigenvalue weighted by molar-refractivity contribution is -0.131. The van der Waals surface area contributed by atoms with E-state index in [9.17, 15) is 29.1 Å². The predicted molar refractivity (Wildman–Crippen MR) is 197 cm³/mol. The third-order valence-corrected chi connectivity index (χ3v) is 12.1. The van der Waals surface area contributed by atoms with Crippen molar-refractivity contribution in [3.8, 4) is 11.5 Å². The van der Waals surface area contributed by atoms with Crippen molar-refractivity contribution in [1.82, 2.24) is 0 Å². The van der Waals surface area contributed by atoms with Gasteiger partial charge in [0.15, 0.2) is 17.3 Å². The molecule has 0 bridgehead atoms. The molecule has 2 aliphatic heterocycles. The monoisotopic (exact) mass is 792 g/mol. The summed E-state index contributed by atoms with van der Waals surface area (Å²) in [5, 5.41) is 10.7. The summed E-state index contributed by atoms with van der Waals surface area (Å²) in [6.07, 6.45) is 2.50. The Morgan fingerprint density at radius 3 is 2.10 bits per heavy atom. The lowest BCUT2D eigenvalue weighted by Crippen LogP contribution is -2.48. The molecule has 4 aromatic carbocycles. The third kappa shape index (κ3) is 4.90. The highest BCUT2D eigenvalue weighted by molar-refractivity contribution is 14.1. The molecule has 0 aromatic heterocycles. The summed E-state index contributed by atoms with van der Waals surface area (Å²) in [4.78, 5) is 73.1. The topological polar surface area (TPSA) is 121 Å². The van der Waals surface area contributed by atoms with Crippen LogP contribution in [-0.4, -0.2) is 41.6 Å². The number of rotatable bonds is 6. The summed E-state index contributed by atoms with van der Waals surface area (Å²) in [5.41, 5.74) is 2.12. The number of ether oxygens (including phenoxy) is 1. The van der Waals surface area contributed by atoms with Gasteiger partial charge in [-0.2, -0.15) is 0 Å². The average molecular weight is 793 g/mol. The van der Waals surface area contributed by atoms with Gasteiger partial charge in [0.05, 0.1) is 45.2 Å². The number of carbonyl (C=O) groups excluding carboxylic acids is 5. The van der Waals surface area contributed by atoms with Crippen LogP contribution >= 0.6 is 22.6 Å². The van der Waals surface area contributed by atoms with Crippen molar-refractivity contribution in [1.29, 1.82) is 0 Å². The van der Waals surface area contributed by atoms with Gasteiger partial charge in [-0.25, -0.2) is 4.90 Å². The number of benzene rings is 4. The number of anilines is 2. The number of halogens is 1. The number of fused-ring (bicyclic) bond motifs is 4. The van der Waals surface area contributed by atoms with Crippen LogP contribution in [0.4, 0.5) is 11.4 Å². The van der Waals surface area contributed by atoms with Crippen LogP contribution in [0.25, 0.3) is 0 Å². The Balaban J connectivity index is 1.20. The van der Waals surface area contributed by atoms with E-state index in [1.807, 2.05) is 47.7 Å². The van der Waals surface area contributed by atoms with Crippen LogP contribution in [0.1, 0.15) is 47.2 Å². The number of hydrogen-bond donors (Lipinski definition) is 1. The molecule has 9 nitrogen and oxygen atoms in total. The second-order valence-electron chi connectivity index (χ2n) is 13.8. The van der Waals surface area contributed by atoms with Gasteiger partial charge in [0.1, 0.15) is 0 Å². The number of nitrogens with zero attached hydrogens (tertiary/aromatic N) is 2. The van der Waals surface area contributed by atoms with Crippen LogP contribution in [-0.2, 0) is 19.2 Å². The zero-order chi connectivity index (χ0) is 35.8. The molecule has 256 valence electrons. The molecule has 6 unspecified atom stereocenters. The smallest absolute Gasteiger partial charge is 0.241 e. The van der Waals surface area contributed by atoms with Crippen molar-refractivity contribution in [3.05, 3.63) is 129 Å². The molecule has 4 aromatic rings. The van der Waals surface area contributed by atoms with Crippen molar-refractivity contribution < 1.29 is 33.8 Å². The molecule has 1 N–H and O–H groups in total. The van der Waals surface area contributed by atoms with Crippen LogP contribution in [0.15, 0.2) is 109 Å². The summed E-state index contributed by atoms with van der Waals surface area (Å²) in [6, 6.07) is 27.7. The first-order chi connectivity index (χ1) is 24.6. The van der Waals surface area contributed by atoms with Crippen LogP contribution in [0.5, 0.6) is 11.5 Å². The van der Waals surface area contributed by atoms with Crippen molar-refractivity contribution in [3.63, 3.8) is 0 Å². The first-order valence-electron chi connectivity index (χ1n) is 16.8.